The summed E-state index contributed by atoms with van der Waals surface area (Å²) < 4.78 is 69.1. The Labute approximate surface area is 192 Å². The monoisotopic (exact) mass is 500 g/mol. The number of pyridine rings is 1. The fourth-order valence-corrected chi connectivity index (χ4v) is 3.58. The van der Waals surface area contributed by atoms with Gasteiger partial charge in [-0.1, -0.05) is 17.7 Å². The van der Waals surface area contributed by atoms with Crippen molar-refractivity contribution in [3.05, 3.63) is 76.9 Å². The van der Waals surface area contributed by atoms with E-state index in [1.807, 2.05) is 0 Å². The highest BCUT2D eigenvalue weighted by Crippen LogP contribution is 2.27. The van der Waals surface area contributed by atoms with Gasteiger partial charge in [0.15, 0.2) is 9.84 Å². The molecular weight excluding hydrogens is 485 g/mol. The molecule has 1 N–H and O–H groups in total. The molecule has 0 saturated carbocycles. The van der Waals surface area contributed by atoms with Crippen LogP contribution >= 0.6 is 11.6 Å². The number of nitrogens with one attached hydrogen (secondary N) is 1. The predicted octanol–water partition coefficient (Wildman–Crippen LogP) is 4.76. The lowest BCUT2D eigenvalue weighted by molar-refractivity contribution is -0.274. The number of benzene rings is 2. The van der Waals surface area contributed by atoms with Crippen molar-refractivity contribution < 1.29 is 35.9 Å². The molecule has 174 valence electrons. The van der Waals surface area contributed by atoms with Gasteiger partial charge in [-0.3, -0.25) is 4.79 Å². The van der Waals surface area contributed by atoms with Crippen LogP contribution in [0.1, 0.15) is 15.9 Å². The Bertz CT molecular complexity index is 1270. The lowest BCUT2D eigenvalue weighted by atomic mass is 10.2. The van der Waals surface area contributed by atoms with Crippen LogP contribution in [0, 0.1) is 0 Å². The minimum Gasteiger partial charge on any atom is -0.439 e. The van der Waals surface area contributed by atoms with Gasteiger partial charge >= 0.3 is 6.36 Å². The molecule has 12 heteroatoms. The Morgan fingerprint density at radius 3 is 2.33 bits per heavy atom. The average Bonchev–Trinajstić information content (AvgIpc) is 2.72. The Balaban J connectivity index is 1.64. The molecule has 1 amide bonds. The topological polar surface area (TPSA) is 94.6 Å². The molecule has 0 saturated heterocycles. The van der Waals surface area contributed by atoms with Gasteiger partial charge in [0, 0.05) is 35.6 Å². The van der Waals surface area contributed by atoms with Crippen molar-refractivity contribution in [1.82, 2.24) is 10.3 Å². The third-order valence-corrected chi connectivity index (χ3v) is 5.63. The molecule has 0 radical (unpaired) electrons. The molecule has 0 fully saturated rings. The summed E-state index contributed by atoms with van der Waals surface area (Å²) >= 11 is 6.11. The first-order chi connectivity index (χ1) is 15.4. The van der Waals surface area contributed by atoms with Crippen molar-refractivity contribution in [3.63, 3.8) is 0 Å². The van der Waals surface area contributed by atoms with Gasteiger partial charge in [-0.05, 0) is 48.0 Å². The van der Waals surface area contributed by atoms with Crippen LogP contribution in [0.4, 0.5) is 13.2 Å². The van der Waals surface area contributed by atoms with Gasteiger partial charge < -0.3 is 14.8 Å². The number of alkyl halides is 3. The minimum absolute atomic E-state index is 0.0425. The fraction of sp³-hybridized carbons (Fsp3) is 0.143. The lowest BCUT2D eigenvalue weighted by Crippen LogP contribution is -2.23. The number of hydrogen-bond acceptors (Lipinski definition) is 6. The summed E-state index contributed by atoms with van der Waals surface area (Å²) in [5.41, 5.74) is 0.727. The van der Waals surface area contributed by atoms with E-state index in [1.54, 1.807) is 0 Å². The molecule has 0 unspecified atom stereocenters. The van der Waals surface area contributed by atoms with Crippen LogP contribution in [0.2, 0.25) is 5.02 Å². The first-order valence-electron chi connectivity index (χ1n) is 9.17. The number of nitrogens with zero attached hydrogens (tertiary/aromatic N) is 1. The third-order valence-electron chi connectivity index (χ3n) is 4.17. The van der Waals surface area contributed by atoms with Gasteiger partial charge in [-0.15, -0.1) is 13.2 Å². The molecule has 1 heterocycles. The zero-order valence-electron chi connectivity index (χ0n) is 16.9. The number of carbonyl (C=O) groups excluding carboxylic acids is 1. The smallest absolute Gasteiger partial charge is 0.439 e. The van der Waals surface area contributed by atoms with Crippen molar-refractivity contribution in [1.29, 1.82) is 0 Å². The summed E-state index contributed by atoms with van der Waals surface area (Å²) in [5.74, 6) is -0.645. The van der Waals surface area contributed by atoms with Gasteiger partial charge in [-0.2, -0.15) is 0 Å². The van der Waals surface area contributed by atoms with Crippen molar-refractivity contribution >= 4 is 27.3 Å². The van der Waals surface area contributed by atoms with Gasteiger partial charge in [0.25, 0.3) is 5.91 Å². The zero-order chi connectivity index (χ0) is 24.2. The maximum atomic E-state index is 12.5. The standard InChI is InChI=1S/C21H16ClF3N2O5S/c1-33(29,30)17-7-2-14(18(22)11-17)12-27-20(28)13-8-9-26-19(10-13)31-15-3-5-16(6-4-15)32-21(23,24)25/h2-11H,12H2,1H3,(H,27,28). The van der Waals surface area contributed by atoms with Crippen molar-refractivity contribution in [3.8, 4) is 17.4 Å². The molecule has 0 atom stereocenters. The maximum absolute atomic E-state index is 12.5. The minimum atomic E-state index is -4.80. The van der Waals surface area contributed by atoms with Crippen molar-refractivity contribution in [2.75, 3.05) is 6.26 Å². The van der Waals surface area contributed by atoms with Crippen molar-refractivity contribution in [2.45, 2.75) is 17.8 Å². The first kappa shape index (κ1) is 24.3. The van der Waals surface area contributed by atoms with Crippen LogP contribution in [-0.4, -0.2) is 31.9 Å². The highest BCUT2D eigenvalue weighted by molar-refractivity contribution is 7.90. The molecule has 0 bridgehead atoms. The third kappa shape index (κ3) is 7.09. The molecule has 0 aliphatic rings. The van der Waals surface area contributed by atoms with Gasteiger partial charge in [0.05, 0.1) is 4.90 Å². The average molecular weight is 501 g/mol. The summed E-state index contributed by atoms with van der Waals surface area (Å²) in [7, 11) is -3.41. The second-order valence-electron chi connectivity index (χ2n) is 6.71. The Kier molecular flexibility index (Phi) is 7.13. The number of halogens is 4. The number of aromatic nitrogens is 1. The SMILES string of the molecule is CS(=O)(=O)c1ccc(CNC(=O)c2ccnc(Oc3ccc(OC(F)(F)F)cc3)c2)c(Cl)c1. The number of ether oxygens (including phenoxy) is 2. The zero-order valence-corrected chi connectivity index (χ0v) is 18.5. The molecule has 0 spiro atoms. The summed E-state index contributed by atoms with van der Waals surface area (Å²) in [6.07, 6.45) is -2.40. The Morgan fingerprint density at radius 2 is 1.73 bits per heavy atom. The second kappa shape index (κ2) is 9.67. The van der Waals surface area contributed by atoms with Gasteiger partial charge in [0.2, 0.25) is 5.88 Å². The van der Waals surface area contributed by atoms with E-state index in [2.05, 4.69) is 15.0 Å². The van der Waals surface area contributed by atoms with Crippen LogP contribution in [-0.2, 0) is 16.4 Å². The highest BCUT2D eigenvalue weighted by atomic mass is 35.5. The van der Waals surface area contributed by atoms with Gasteiger partial charge in [0.1, 0.15) is 11.5 Å². The summed E-state index contributed by atoms with van der Waals surface area (Å²) in [4.78, 5) is 16.5. The largest absolute Gasteiger partial charge is 0.573 e. The van der Waals surface area contributed by atoms with Crippen LogP contribution in [0.25, 0.3) is 0 Å². The van der Waals surface area contributed by atoms with E-state index < -0.39 is 27.9 Å². The molecule has 33 heavy (non-hydrogen) atoms. The molecule has 2 aromatic carbocycles. The highest BCUT2D eigenvalue weighted by Gasteiger charge is 2.31. The van der Waals surface area contributed by atoms with E-state index in [9.17, 15) is 26.4 Å². The van der Waals surface area contributed by atoms with E-state index in [4.69, 9.17) is 16.3 Å². The lowest BCUT2D eigenvalue weighted by Gasteiger charge is -2.11. The normalized spacial score (nSPS) is 11.7. The fourth-order valence-electron chi connectivity index (χ4n) is 2.62. The maximum Gasteiger partial charge on any atom is 0.573 e. The molecule has 7 nitrogen and oxygen atoms in total. The summed E-state index contributed by atoms with van der Waals surface area (Å²) in [6.45, 7) is 0.0425. The first-order valence-corrected chi connectivity index (χ1v) is 11.4. The van der Waals surface area contributed by atoms with Crippen LogP contribution < -0.4 is 14.8 Å². The second-order valence-corrected chi connectivity index (χ2v) is 9.14. The predicted molar refractivity (Wildman–Crippen MR) is 113 cm³/mol. The number of amides is 1. The van der Waals surface area contributed by atoms with Crippen LogP contribution in [0.15, 0.2) is 65.7 Å². The summed E-state index contributed by atoms with van der Waals surface area (Å²) in [6, 6.07) is 11.7. The molecule has 3 aromatic rings. The quantitative estimate of drug-likeness (QED) is 0.502. The Morgan fingerprint density at radius 1 is 1.06 bits per heavy atom. The van der Waals surface area contributed by atoms with E-state index in [1.165, 1.54) is 48.7 Å². The van der Waals surface area contributed by atoms with E-state index in [0.29, 0.717) is 5.56 Å². The number of sulfone groups is 1. The van der Waals surface area contributed by atoms with Crippen LogP contribution in [0.5, 0.6) is 17.4 Å². The van der Waals surface area contributed by atoms with E-state index in [0.717, 1.165) is 18.4 Å². The molecule has 0 aliphatic carbocycles. The summed E-state index contributed by atoms with van der Waals surface area (Å²) in [5, 5.41) is 2.85. The molecule has 0 aliphatic heterocycles. The van der Waals surface area contributed by atoms with E-state index >= 15 is 0 Å². The van der Waals surface area contributed by atoms with Gasteiger partial charge in [-0.25, -0.2) is 13.4 Å². The van der Waals surface area contributed by atoms with Crippen molar-refractivity contribution in [2.24, 2.45) is 0 Å². The molecule has 3 rings (SSSR count). The number of rotatable bonds is 7. The number of hydrogen-bond donors (Lipinski definition) is 1. The number of carbonyl (C=O) groups is 1. The Hall–Kier alpha value is -3.31. The molecular formula is C21H16ClF3N2O5S. The van der Waals surface area contributed by atoms with E-state index in [-0.39, 0.29) is 33.7 Å². The molecule has 1 aromatic heterocycles. The van der Waals surface area contributed by atoms with Crippen LogP contribution in [0.3, 0.4) is 0 Å².